The fourth-order valence-electron chi connectivity index (χ4n) is 3.07. The van der Waals surface area contributed by atoms with Crippen molar-refractivity contribution in [2.24, 2.45) is 0 Å². The molecule has 0 atom stereocenters. The van der Waals surface area contributed by atoms with Crippen LogP contribution in [0.3, 0.4) is 0 Å². The van der Waals surface area contributed by atoms with E-state index in [4.69, 9.17) is 9.15 Å². The molecule has 0 amide bonds. The second-order valence-electron chi connectivity index (χ2n) is 7.08. The Morgan fingerprint density at radius 3 is 2.15 bits per heavy atom. The Hall–Kier alpha value is -4.20. The highest BCUT2D eigenvalue weighted by Gasteiger charge is 2.14. The number of oxazole rings is 1. The van der Waals surface area contributed by atoms with Crippen LogP contribution in [0.15, 0.2) is 77.3 Å². The molecule has 5 nitrogen and oxygen atoms in total. The van der Waals surface area contributed by atoms with Gasteiger partial charge in [-0.3, -0.25) is 9.59 Å². The second kappa shape index (κ2) is 9.52. The summed E-state index contributed by atoms with van der Waals surface area (Å²) in [5, 5.41) is 0. The molecule has 33 heavy (non-hydrogen) atoms. The highest BCUT2D eigenvalue weighted by Crippen LogP contribution is 2.25. The number of carbonyl (C=O) groups is 2. The third-order valence-electron chi connectivity index (χ3n) is 4.75. The van der Waals surface area contributed by atoms with Gasteiger partial charge in [-0.25, -0.2) is 18.2 Å². The minimum Gasteiger partial charge on any atom is -0.441 e. The lowest BCUT2D eigenvalue weighted by Crippen LogP contribution is -2.09. The number of halogens is 3. The fourth-order valence-corrected chi connectivity index (χ4v) is 3.07. The molecule has 0 unspecified atom stereocenters. The first-order valence-corrected chi connectivity index (χ1v) is 9.90. The van der Waals surface area contributed by atoms with E-state index in [0.717, 1.165) is 12.1 Å². The van der Waals surface area contributed by atoms with Crippen molar-refractivity contribution in [3.05, 3.63) is 107 Å². The van der Waals surface area contributed by atoms with Crippen molar-refractivity contribution < 1.29 is 31.9 Å². The lowest BCUT2D eigenvalue weighted by atomic mass is 10.0. The van der Waals surface area contributed by atoms with E-state index >= 15 is 0 Å². The summed E-state index contributed by atoms with van der Waals surface area (Å²) in [6.07, 6.45) is 1.36. The first kappa shape index (κ1) is 22.0. The summed E-state index contributed by atoms with van der Waals surface area (Å²) in [6.45, 7) is 0. The van der Waals surface area contributed by atoms with Gasteiger partial charge in [0.2, 0.25) is 0 Å². The van der Waals surface area contributed by atoms with Gasteiger partial charge in [0.25, 0.3) is 0 Å². The monoisotopic (exact) mass is 451 g/mol. The number of ether oxygens (including phenoxy) is 1. The number of esters is 1. The van der Waals surface area contributed by atoms with Gasteiger partial charge in [0, 0.05) is 23.6 Å². The number of benzene rings is 3. The van der Waals surface area contributed by atoms with E-state index in [1.807, 2.05) is 0 Å². The zero-order chi connectivity index (χ0) is 23.4. The first-order valence-electron chi connectivity index (χ1n) is 9.90. The Labute approximate surface area is 186 Å². The molecule has 8 heteroatoms. The average Bonchev–Trinajstić information content (AvgIpc) is 3.27. The van der Waals surface area contributed by atoms with Crippen LogP contribution >= 0.6 is 0 Å². The third kappa shape index (κ3) is 5.35. The molecule has 4 aromatic rings. The molecule has 166 valence electrons. The molecule has 0 spiro atoms. The number of ketones is 1. The molecule has 4 rings (SSSR count). The lowest BCUT2D eigenvalue weighted by Gasteiger charge is -2.05. The van der Waals surface area contributed by atoms with Crippen LogP contribution in [0.5, 0.6) is 5.75 Å². The van der Waals surface area contributed by atoms with Gasteiger partial charge < -0.3 is 9.15 Å². The van der Waals surface area contributed by atoms with Crippen LogP contribution in [0.4, 0.5) is 13.2 Å². The van der Waals surface area contributed by atoms with Crippen LogP contribution in [-0.4, -0.2) is 16.7 Å². The van der Waals surface area contributed by atoms with Gasteiger partial charge in [0.1, 0.15) is 23.2 Å². The van der Waals surface area contributed by atoms with Crippen LogP contribution in [-0.2, 0) is 11.2 Å². The van der Waals surface area contributed by atoms with Crippen molar-refractivity contribution in [3.8, 4) is 17.1 Å². The van der Waals surface area contributed by atoms with E-state index in [2.05, 4.69) is 4.98 Å². The molecule has 1 aromatic heterocycles. The summed E-state index contributed by atoms with van der Waals surface area (Å²) >= 11 is 0. The van der Waals surface area contributed by atoms with Crippen molar-refractivity contribution in [2.45, 2.75) is 12.8 Å². The zero-order valence-electron chi connectivity index (χ0n) is 17.1. The van der Waals surface area contributed by atoms with E-state index in [1.165, 1.54) is 60.8 Å². The van der Waals surface area contributed by atoms with Gasteiger partial charge >= 0.3 is 5.97 Å². The maximum absolute atomic E-state index is 13.9. The molecule has 3 aromatic carbocycles. The van der Waals surface area contributed by atoms with Crippen LogP contribution < -0.4 is 4.74 Å². The number of aryl methyl sites for hydroxylation is 1. The maximum Gasteiger partial charge on any atom is 0.311 e. The molecule has 0 bridgehead atoms. The topological polar surface area (TPSA) is 69.4 Å². The minimum atomic E-state index is -0.779. The molecule has 0 radical (unpaired) electrons. The van der Waals surface area contributed by atoms with E-state index in [-0.39, 0.29) is 41.6 Å². The van der Waals surface area contributed by atoms with Crippen molar-refractivity contribution in [1.82, 2.24) is 4.98 Å². The molecular weight excluding hydrogens is 435 g/mol. The Morgan fingerprint density at radius 2 is 1.48 bits per heavy atom. The Bertz CT molecular complexity index is 1300. The van der Waals surface area contributed by atoms with Gasteiger partial charge in [-0.15, -0.1) is 0 Å². The van der Waals surface area contributed by atoms with Crippen molar-refractivity contribution in [1.29, 1.82) is 0 Å². The Kier molecular flexibility index (Phi) is 6.35. The number of hydrogen-bond donors (Lipinski definition) is 0. The summed E-state index contributed by atoms with van der Waals surface area (Å²) in [4.78, 5) is 28.5. The van der Waals surface area contributed by atoms with Gasteiger partial charge in [0.05, 0.1) is 18.2 Å². The number of carbonyl (C=O) groups excluding carboxylic acids is 2. The lowest BCUT2D eigenvalue weighted by molar-refractivity contribution is -0.134. The molecule has 0 N–H and O–H groups in total. The van der Waals surface area contributed by atoms with Gasteiger partial charge in [-0.2, -0.15) is 0 Å². The third-order valence-corrected chi connectivity index (χ3v) is 4.75. The van der Waals surface area contributed by atoms with E-state index in [9.17, 15) is 22.8 Å². The quantitative estimate of drug-likeness (QED) is 0.210. The molecule has 0 aliphatic heterocycles. The molecular formula is C25H16F3NO4. The van der Waals surface area contributed by atoms with Gasteiger partial charge in [0.15, 0.2) is 17.4 Å². The predicted molar refractivity (Wildman–Crippen MR) is 112 cm³/mol. The van der Waals surface area contributed by atoms with E-state index in [0.29, 0.717) is 11.1 Å². The second-order valence-corrected chi connectivity index (χ2v) is 7.08. The van der Waals surface area contributed by atoms with Crippen LogP contribution in [0.1, 0.15) is 28.2 Å². The molecule has 0 aliphatic carbocycles. The van der Waals surface area contributed by atoms with Crippen molar-refractivity contribution >= 4 is 11.8 Å². The zero-order valence-corrected chi connectivity index (χ0v) is 17.1. The van der Waals surface area contributed by atoms with Gasteiger partial charge in [-0.05, 0) is 60.7 Å². The smallest absolute Gasteiger partial charge is 0.311 e. The summed E-state index contributed by atoms with van der Waals surface area (Å²) < 4.78 is 50.6. The van der Waals surface area contributed by atoms with Crippen molar-refractivity contribution in [3.63, 3.8) is 0 Å². The summed E-state index contributed by atoms with van der Waals surface area (Å²) in [6, 6.07) is 14.3. The number of hydrogen-bond acceptors (Lipinski definition) is 5. The molecule has 1 heterocycles. The first-order chi connectivity index (χ1) is 15.9. The van der Waals surface area contributed by atoms with Crippen LogP contribution in [0.25, 0.3) is 11.3 Å². The highest BCUT2D eigenvalue weighted by atomic mass is 19.1. The molecule has 0 fully saturated rings. The number of aromatic nitrogens is 1. The number of nitrogens with zero attached hydrogens (tertiary/aromatic N) is 1. The Morgan fingerprint density at radius 1 is 0.848 bits per heavy atom. The maximum atomic E-state index is 13.9. The van der Waals surface area contributed by atoms with Crippen molar-refractivity contribution in [2.75, 3.05) is 0 Å². The Balaban J connectivity index is 1.32. The van der Waals surface area contributed by atoms with Crippen LogP contribution in [0, 0.1) is 17.5 Å². The molecule has 0 saturated carbocycles. The van der Waals surface area contributed by atoms with E-state index in [1.54, 1.807) is 0 Å². The summed E-state index contributed by atoms with van der Waals surface area (Å²) in [5.41, 5.74) is 0.765. The predicted octanol–water partition coefficient (Wildman–Crippen LogP) is 5.53. The molecule has 0 saturated heterocycles. The normalized spacial score (nSPS) is 10.8. The minimum absolute atomic E-state index is 0.0535. The van der Waals surface area contributed by atoms with Crippen LogP contribution in [0.2, 0.25) is 0 Å². The van der Waals surface area contributed by atoms with Gasteiger partial charge in [-0.1, -0.05) is 0 Å². The largest absolute Gasteiger partial charge is 0.441 e. The molecule has 0 aliphatic rings. The standard InChI is InChI=1S/C25H16F3NO4/c26-17-5-1-15(2-6-17)25(31)16-3-8-19(9-4-16)32-24(30)12-11-23-29-14-22(33-23)20-10-7-18(27)13-21(20)28/h1-10,13-14H,11-12H2. The summed E-state index contributed by atoms with van der Waals surface area (Å²) in [7, 11) is 0. The number of rotatable bonds is 7. The summed E-state index contributed by atoms with van der Waals surface area (Å²) in [5.74, 6) is -2.19. The highest BCUT2D eigenvalue weighted by molar-refractivity contribution is 6.09. The van der Waals surface area contributed by atoms with E-state index < -0.39 is 23.4 Å². The fraction of sp³-hybridized carbons (Fsp3) is 0.0800. The average molecular weight is 451 g/mol. The SMILES string of the molecule is O=C(CCc1ncc(-c2ccc(F)cc2F)o1)Oc1ccc(C(=O)c2ccc(F)cc2)cc1.